The lowest BCUT2D eigenvalue weighted by Gasteiger charge is -2.36. The summed E-state index contributed by atoms with van der Waals surface area (Å²) < 4.78 is 4.44. The first-order valence-corrected chi connectivity index (χ1v) is 18.5. The number of imidazole rings is 1. The first-order valence-electron chi connectivity index (χ1n) is 18.5. The van der Waals surface area contributed by atoms with Crippen LogP contribution in [0.25, 0.3) is 33.7 Å². The van der Waals surface area contributed by atoms with Crippen molar-refractivity contribution in [1.82, 2.24) is 34.7 Å². The summed E-state index contributed by atoms with van der Waals surface area (Å²) in [6.45, 7) is 8.67. The maximum absolute atomic E-state index is 5.15. The van der Waals surface area contributed by atoms with Gasteiger partial charge in [0.2, 0.25) is 0 Å². The molecule has 9 rings (SSSR count). The van der Waals surface area contributed by atoms with Crippen molar-refractivity contribution in [3.8, 4) is 22.5 Å². The third-order valence-corrected chi connectivity index (χ3v) is 10.9. The predicted octanol–water partition coefficient (Wildman–Crippen LogP) is 9.87. The number of benzene rings is 5. The zero-order valence-electron chi connectivity index (χ0n) is 30.5. The summed E-state index contributed by atoms with van der Waals surface area (Å²) in [7, 11) is 0. The highest BCUT2D eigenvalue weighted by atomic mass is 15.6. The average molecular weight is 692 g/mol. The SMILES string of the molecule is Cc1cc(C)c2nc(C(C)C)n([C@H]3CCc4cc(-c5ccccc5-c5nnnn5C(c5ccccc5)(c5ccccc5)c5ccccc5)ccc43)c2n1. The van der Waals surface area contributed by atoms with Crippen LogP contribution >= 0.6 is 0 Å². The Kier molecular flexibility index (Phi) is 8.07. The summed E-state index contributed by atoms with van der Waals surface area (Å²) in [6, 6.07) is 49.4. The molecule has 0 radical (unpaired) electrons. The van der Waals surface area contributed by atoms with Crippen LogP contribution in [0.4, 0.5) is 0 Å². The van der Waals surface area contributed by atoms with Crippen molar-refractivity contribution in [2.75, 3.05) is 0 Å². The molecule has 3 aromatic heterocycles. The zero-order valence-corrected chi connectivity index (χ0v) is 30.5. The van der Waals surface area contributed by atoms with Gasteiger partial charge in [-0.3, -0.25) is 0 Å². The number of nitrogens with zero attached hydrogens (tertiary/aromatic N) is 7. The van der Waals surface area contributed by atoms with Crippen LogP contribution in [0.2, 0.25) is 0 Å². The third kappa shape index (κ3) is 5.29. The van der Waals surface area contributed by atoms with Gasteiger partial charge in [-0.1, -0.05) is 147 Å². The molecule has 0 saturated heterocycles. The van der Waals surface area contributed by atoms with Gasteiger partial charge in [0.15, 0.2) is 11.5 Å². The normalized spacial score (nSPS) is 14.2. The van der Waals surface area contributed by atoms with E-state index in [1.165, 1.54) is 16.7 Å². The monoisotopic (exact) mass is 691 g/mol. The summed E-state index contributed by atoms with van der Waals surface area (Å²) in [5.41, 5.74) is 12.5. The first-order chi connectivity index (χ1) is 25.9. The number of aryl methyl sites for hydroxylation is 3. The maximum atomic E-state index is 5.15. The van der Waals surface area contributed by atoms with E-state index in [9.17, 15) is 0 Å². The van der Waals surface area contributed by atoms with E-state index in [4.69, 9.17) is 20.3 Å². The van der Waals surface area contributed by atoms with Crippen molar-refractivity contribution in [1.29, 1.82) is 0 Å². The maximum Gasteiger partial charge on any atom is 0.184 e. The Morgan fingerprint density at radius 2 is 1.28 bits per heavy atom. The van der Waals surface area contributed by atoms with Crippen LogP contribution < -0.4 is 0 Å². The Morgan fingerprint density at radius 3 is 1.91 bits per heavy atom. The Bertz CT molecular complexity index is 2470. The molecular formula is C46H41N7. The van der Waals surface area contributed by atoms with Crippen LogP contribution in [0, 0.1) is 13.8 Å². The van der Waals surface area contributed by atoms with E-state index in [0.29, 0.717) is 5.82 Å². The van der Waals surface area contributed by atoms with E-state index < -0.39 is 5.54 Å². The molecule has 7 nitrogen and oxygen atoms in total. The molecule has 0 spiro atoms. The Labute approximate surface area is 310 Å². The smallest absolute Gasteiger partial charge is 0.184 e. The molecule has 0 N–H and O–H groups in total. The van der Waals surface area contributed by atoms with Gasteiger partial charge in [-0.25, -0.2) is 14.6 Å². The molecule has 0 bridgehead atoms. The van der Waals surface area contributed by atoms with E-state index in [1.54, 1.807) is 0 Å². The molecule has 0 saturated carbocycles. The second-order valence-electron chi connectivity index (χ2n) is 14.5. The molecule has 0 fully saturated rings. The van der Waals surface area contributed by atoms with Gasteiger partial charge in [0.25, 0.3) is 0 Å². The van der Waals surface area contributed by atoms with E-state index >= 15 is 0 Å². The van der Waals surface area contributed by atoms with E-state index in [0.717, 1.165) is 68.9 Å². The molecule has 8 aromatic rings. The lowest BCUT2D eigenvalue weighted by molar-refractivity contribution is 0.451. The summed E-state index contributed by atoms with van der Waals surface area (Å²) in [6.07, 6.45) is 1.99. The minimum atomic E-state index is -0.840. The topological polar surface area (TPSA) is 74.3 Å². The fourth-order valence-corrected chi connectivity index (χ4v) is 8.55. The van der Waals surface area contributed by atoms with Gasteiger partial charge in [0.05, 0.1) is 6.04 Å². The van der Waals surface area contributed by atoms with Crippen LogP contribution in [0.1, 0.15) is 77.1 Å². The highest BCUT2D eigenvalue weighted by molar-refractivity contribution is 5.82. The third-order valence-electron chi connectivity index (χ3n) is 10.9. The number of pyridine rings is 1. The highest BCUT2D eigenvalue weighted by Gasteiger charge is 2.42. The van der Waals surface area contributed by atoms with E-state index in [2.05, 4.69) is 177 Å². The van der Waals surface area contributed by atoms with Crippen LogP contribution in [-0.4, -0.2) is 34.7 Å². The molecule has 260 valence electrons. The number of tetrazole rings is 1. The van der Waals surface area contributed by atoms with E-state index in [1.807, 2.05) is 4.68 Å². The standard InChI is InChI=1S/C46H41N7/c1-30(2)43-48-42-31(3)28-32(4)47-45(42)52(43)41-27-25-34-29-33(24-26-39(34)41)38-22-14-15-23-40(38)44-49-50-51-53(44)46(35-16-8-5-9-17-35,36-18-10-6-11-19-36)37-20-12-7-13-21-37/h5-24,26,28-30,41H,25,27H2,1-4H3/t41-/m0/s1. The lowest BCUT2D eigenvalue weighted by Crippen LogP contribution is -2.39. The fourth-order valence-electron chi connectivity index (χ4n) is 8.55. The predicted molar refractivity (Wildman–Crippen MR) is 211 cm³/mol. The Balaban J connectivity index is 1.20. The number of rotatable bonds is 8. The second-order valence-corrected chi connectivity index (χ2v) is 14.5. The van der Waals surface area contributed by atoms with Gasteiger partial charge in [-0.15, -0.1) is 5.10 Å². The van der Waals surface area contributed by atoms with Gasteiger partial charge in [0.1, 0.15) is 16.9 Å². The molecule has 1 atom stereocenters. The minimum Gasteiger partial charge on any atom is -0.305 e. The van der Waals surface area contributed by atoms with Crippen LogP contribution in [0.3, 0.4) is 0 Å². The van der Waals surface area contributed by atoms with Crippen LogP contribution in [-0.2, 0) is 12.0 Å². The summed E-state index contributed by atoms with van der Waals surface area (Å²) in [5, 5.41) is 14.0. The number of fused-ring (bicyclic) bond motifs is 2. The molecule has 7 heteroatoms. The first kappa shape index (κ1) is 32.7. The molecule has 1 aliphatic carbocycles. The Morgan fingerprint density at radius 1 is 0.679 bits per heavy atom. The molecule has 53 heavy (non-hydrogen) atoms. The van der Waals surface area contributed by atoms with Crippen molar-refractivity contribution in [2.24, 2.45) is 0 Å². The van der Waals surface area contributed by atoms with Crippen LogP contribution in [0.15, 0.2) is 140 Å². The number of hydrogen-bond donors (Lipinski definition) is 0. The average Bonchev–Trinajstić information content (AvgIpc) is 3.94. The minimum absolute atomic E-state index is 0.181. The number of aromatic nitrogens is 7. The van der Waals surface area contributed by atoms with Crippen molar-refractivity contribution >= 4 is 11.2 Å². The summed E-state index contributed by atoms with van der Waals surface area (Å²) in [5.74, 6) is 2.07. The molecule has 5 aromatic carbocycles. The van der Waals surface area contributed by atoms with Gasteiger partial charge < -0.3 is 4.57 Å². The molecule has 3 heterocycles. The molecular weight excluding hydrogens is 651 g/mol. The Hall–Kier alpha value is -6.21. The van der Waals surface area contributed by atoms with Crippen molar-refractivity contribution in [3.63, 3.8) is 0 Å². The van der Waals surface area contributed by atoms with Crippen LogP contribution in [0.5, 0.6) is 0 Å². The quantitative estimate of drug-likeness (QED) is 0.148. The van der Waals surface area contributed by atoms with Gasteiger partial charge >= 0.3 is 0 Å². The zero-order chi connectivity index (χ0) is 36.1. The molecule has 0 amide bonds. The largest absolute Gasteiger partial charge is 0.305 e. The van der Waals surface area contributed by atoms with Crippen molar-refractivity contribution in [2.45, 2.75) is 58.0 Å². The van der Waals surface area contributed by atoms with Gasteiger partial charge in [-0.05, 0) is 87.7 Å². The van der Waals surface area contributed by atoms with Gasteiger partial charge in [-0.2, -0.15) is 0 Å². The number of hydrogen-bond acceptors (Lipinski definition) is 5. The van der Waals surface area contributed by atoms with Gasteiger partial charge in [0, 0.05) is 17.2 Å². The summed E-state index contributed by atoms with van der Waals surface area (Å²) >= 11 is 0. The summed E-state index contributed by atoms with van der Waals surface area (Å²) in [4.78, 5) is 10.2. The lowest BCUT2D eigenvalue weighted by atomic mass is 9.77. The van der Waals surface area contributed by atoms with Crippen molar-refractivity contribution < 1.29 is 0 Å². The highest BCUT2D eigenvalue weighted by Crippen LogP contribution is 2.45. The van der Waals surface area contributed by atoms with E-state index in [-0.39, 0.29) is 12.0 Å². The fraction of sp³-hybridized carbons (Fsp3) is 0.196. The molecule has 0 aliphatic heterocycles. The molecule has 0 unspecified atom stereocenters. The second kappa shape index (κ2) is 13.1. The van der Waals surface area contributed by atoms with Crippen molar-refractivity contribution in [3.05, 3.63) is 184 Å². The molecule has 1 aliphatic rings.